The number of amides is 1. The summed E-state index contributed by atoms with van der Waals surface area (Å²) in [6, 6.07) is 0.175. The molecule has 0 saturated carbocycles. The maximum atomic E-state index is 12.6. The second-order valence-electron chi connectivity index (χ2n) is 6.15. The van der Waals surface area contributed by atoms with E-state index in [2.05, 4.69) is 26.4 Å². The minimum absolute atomic E-state index is 0.0128. The lowest BCUT2D eigenvalue weighted by molar-refractivity contribution is 0.0299. The Hall–Kier alpha value is -1.77. The molecule has 2 aromatic rings. The molecule has 1 fully saturated rings. The summed E-state index contributed by atoms with van der Waals surface area (Å²) >= 11 is 1.68. The molecule has 0 N–H and O–H groups in total. The van der Waals surface area contributed by atoms with E-state index in [9.17, 15) is 4.79 Å². The maximum absolute atomic E-state index is 12.6. The van der Waals surface area contributed by atoms with Crippen molar-refractivity contribution in [3.05, 3.63) is 34.3 Å². The Bertz CT molecular complexity index is 708. The van der Waals surface area contributed by atoms with Crippen LogP contribution in [0.25, 0.3) is 0 Å². The minimum Gasteiger partial charge on any atom is -0.378 e. The van der Waals surface area contributed by atoms with Crippen LogP contribution in [0.5, 0.6) is 0 Å². The zero-order valence-corrected chi connectivity index (χ0v) is 14.5. The maximum Gasteiger partial charge on any atom is 0.274 e. The highest BCUT2D eigenvalue weighted by Gasteiger charge is 2.29. The van der Waals surface area contributed by atoms with E-state index in [1.807, 2.05) is 22.7 Å². The number of imidazole rings is 1. The fourth-order valence-electron chi connectivity index (χ4n) is 3.29. The van der Waals surface area contributed by atoms with E-state index in [0.29, 0.717) is 32.0 Å². The SMILES string of the molecule is CC1c2nc(C(=O)N3CCOCC3)cn2CCN1Cc1nccs1. The molecule has 1 unspecified atom stereocenters. The Labute approximate surface area is 144 Å². The van der Waals surface area contributed by atoms with Gasteiger partial charge in [0.1, 0.15) is 16.5 Å². The monoisotopic (exact) mass is 347 g/mol. The quantitative estimate of drug-likeness (QED) is 0.840. The molecule has 128 valence electrons. The highest BCUT2D eigenvalue weighted by molar-refractivity contribution is 7.09. The third-order valence-electron chi connectivity index (χ3n) is 4.70. The number of rotatable bonds is 3. The molecular weight excluding hydrogens is 326 g/mol. The topological polar surface area (TPSA) is 63.5 Å². The van der Waals surface area contributed by atoms with Crippen LogP contribution >= 0.6 is 11.3 Å². The summed E-state index contributed by atoms with van der Waals surface area (Å²) in [5.41, 5.74) is 0.551. The first-order valence-electron chi connectivity index (χ1n) is 8.29. The van der Waals surface area contributed by atoms with Gasteiger partial charge in [0.15, 0.2) is 0 Å². The van der Waals surface area contributed by atoms with Crippen LogP contribution in [0.4, 0.5) is 0 Å². The van der Waals surface area contributed by atoms with Crippen molar-refractivity contribution in [2.75, 3.05) is 32.8 Å². The number of thiazole rings is 1. The molecule has 0 aromatic carbocycles. The van der Waals surface area contributed by atoms with Crippen LogP contribution in [0.2, 0.25) is 0 Å². The van der Waals surface area contributed by atoms with Crippen LogP contribution in [0.15, 0.2) is 17.8 Å². The Balaban J connectivity index is 1.51. The molecule has 4 heterocycles. The Morgan fingerprint density at radius 1 is 1.33 bits per heavy atom. The predicted molar refractivity (Wildman–Crippen MR) is 89.9 cm³/mol. The van der Waals surface area contributed by atoms with Gasteiger partial charge in [0.25, 0.3) is 5.91 Å². The lowest BCUT2D eigenvalue weighted by Gasteiger charge is -2.32. The third-order valence-corrected chi connectivity index (χ3v) is 5.46. The smallest absolute Gasteiger partial charge is 0.274 e. The van der Waals surface area contributed by atoms with Gasteiger partial charge in [0, 0.05) is 44.0 Å². The molecule has 7 nitrogen and oxygen atoms in total. The average Bonchev–Trinajstić information content (AvgIpc) is 3.27. The van der Waals surface area contributed by atoms with E-state index < -0.39 is 0 Å². The van der Waals surface area contributed by atoms with Gasteiger partial charge in [-0.2, -0.15) is 0 Å². The number of fused-ring (bicyclic) bond motifs is 1. The summed E-state index contributed by atoms with van der Waals surface area (Å²) < 4.78 is 7.44. The summed E-state index contributed by atoms with van der Waals surface area (Å²) in [7, 11) is 0. The van der Waals surface area contributed by atoms with Gasteiger partial charge >= 0.3 is 0 Å². The molecule has 0 spiro atoms. The number of carbonyl (C=O) groups excluding carboxylic acids is 1. The van der Waals surface area contributed by atoms with Crippen molar-refractivity contribution < 1.29 is 9.53 Å². The van der Waals surface area contributed by atoms with E-state index in [4.69, 9.17) is 4.74 Å². The Kier molecular flexibility index (Phi) is 4.34. The first kappa shape index (κ1) is 15.7. The number of aromatic nitrogens is 3. The summed E-state index contributed by atoms with van der Waals surface area (Å²) in [6.45, 7) is 7.28. The predicted octanol–water partition coefficient (Wildman–Crippen LogP) is 1.39. The molecule has 8 heteroatoms. The zero-order chi connectivity index (χ0) is 16.5. The van der Waals surface area contributed by atoms with Gasteiger partial charge in [-0.25, -0.2) is 9.97 Å². The molecule has 2 aliphatic heterocycles. The Morgan fingerprint density at radius 2 is 2.17 bits per heavy atom. The molecule has 2 aromatic heterocycles. The van der Waals surface area contributed by atoms with Crippen molar-refractivity contribution in [1.82, 2.24) is 24.3 Å². The lowest BCUT2D eigenvalue weighted by atomic mass is 10.2. The van der Waals surface area contributed by atoms with Gasteiger partial charge in [0.05, 0.1) is 25.8 Å². The summed E-state index contributed by atoms with van der Waals surface area (Å²) in [4.78, 5) is 25.9. The molecule has 1 saturated heterocycles. The van der Waals surface area contributed by atoms with Gasteiger partial charge in [0.2, 0.25) is 0 Å². The van der Waals surface area contributed by atoms with E-state index in [1.54, 1.807) is 11.3 Å². The molecule has 2 aliphatic rings. The largest absolute Gasteiger partial charge is 0.378 e. The molecule has 24 heavy (non-hydrogen) atoms. The number of hydrogen-bond donors (Lipinski definition) is 0. The number of hydrogen-bond acceptors (Lipinski definition) is 6. The summed E-state index contributed by atoms with van der Waals surface area (Å²) in [5, 5.41) is 3.12. The summed E-state index contributed by atoms with van der Waals surface area (Å²) in [5.74, 6) is 0.980. The van der Waals surface area contributed by atoms with Gasteiger partial charge in [-0.3, -0.25) is 9.69 Å². The average molecular weight is 347 g/mol. The van der Waals surface area contributed by atoms with E-state index >= 15 is 0 Å². The standard InChI is InChI=1S/C16H21N5O2S/c1-12-15-18-13(16(22)19-5-7-23-8-6-19)10-21(15)4-3-20(12)11-14-17-2-9-24-14/h2,9-10,12H,3-8,11H2,1H3. The zero-order valence-electron chi connectivity index (χ0n) is 13.7. The van der Waals surface area contributed by atoms with E-state index in [-0.39, 0.29) is 11.9 Å². The number of nitrogens with zero attached hydrogens (tertiary/aromatic N) is 5. The van der Waals surface area contributed by atoms with Gasteiger partial charge in [-0.1, -0.05) is 0 Å². The lowest BCUT2D eigenvalue weighted by Crippen LogP contribution is -2.40. The van der Waals surface area contributed by atoms with E-state index in [0.717, 1.165) is 30.5 Å². The van der Waals surface area contributed by atoms with Crippen LogP contribution in [0, 0.1) is 0 Å². The van der Waals surface area contributed by atoms with Crippen LogP contribution in [0.1, 0.15) is 34.3 Å². The van der Waals surface area contributed by atoms with Crippen molar-refractivity contribution in [3.63, 3.8) is 0 Å². The van der Waals surface area contributed by atoms with Gasteiger partial charge < -0.3 is 14.2 Å². The van der Waals surface area contributed by atoms with Crippen molar-refractivity contribution >= 4 is 17.2 Å². The van der Waals surface area contributed by atoms with Crippen molar-refractivity contribution in [2.45, 2.75) is 26.1 Å². The van der Waals surface area contributed by atoms with Crippen molar-refractivity contribution in [2.24, 2.45) is 0 Å². The number of ether oxygens (including phenoxy) is 1. The van der Waals surface area contributed by atoms with Crippen LogP contribution < -0.4 is 0 Å². The highest BCUT2D eigenvalue weighted by atomic mass is 32.1. The van der Waals surface area contributed by atoms with E-state index in [1.165, 1.54) is 0 Å². The molecule has 0 aliphatic carbocycles. The van der Waals surface area contributed by atoms with Gasteiger partial charge in [-0.15, -0.1) is 11.3 Å². The fraction of sp³-hybridized carbons (Fsp3) is 0.562. The normalized spacial score (nSPS) is 21.7. The number of carbonyl (C=O) groups is 1. The molecule has 1 atom stereocenters. The molecule has 1 amide bonds. The van der Waals surface area contributed by atoms with Crippen LogP contribution in [0.3, 0.4) is 0 Å². The third kappa shape index (κ3) is 2.97. The van der Waals surface area contributed by atoms with Crippen molar-refractivity contribution in [3.8, 4) is 0 Å². The van der Waals surface area contributed by atoms with Crippen molar-refractivity contribution in [1.29, 1.82) is 0 Å². The second-order valence-corrected chi connectivity index (χ2v) is 7.13. The van der Waals surface area contributed by atoms with Crippen LogP contribution in [-0.4, -0.2) is 63.1 Å². The first-order chi connectivity index (χ1) is 11.7. The summed E-state index contributed by atoms with van der Waals surface area (Å²) in [6.07, 6.45) is 3.75. The minimum atomic E-state index is 0.0128. The number of morpholine rings is 1. The molecule has 4 rings (SSSR count). The van der Waals surface area contributed by atoms with Gasteiger partial charge in [-0.05, 0) is 6.92 Å². The molecule has 0 radical (unpaired) electrons. The Morgan fingerprint density at radius 3 is 2.92 bits per heavy atom. The highest BCUT2D eigenvalue weighted by Crippen LogP contribution is 2.27. The molecular formula is C16H21N5O2S. The molecule has 0 bridgehead atoms. The van der Waals surface area contributed by atoms with Crippen LogP contribution in [-0.2, 0) is 17.8 Å². The second kappa shape index (κ2) is 6.62. The first-order valence-corrected chi connectivity index (χ1v) is 9.17. The fourth-order valence-corrected chi connectivity index (χ4v) is 3.93.